The first-order chi connectivity index (χ1) is 11.0. The van der Waals surface area contributed by atoms with E-state index in [0.29, 0.717) is 19.6 Å². The van der Waals surface area contributed by atoms with Gasteiger partial charge in [0.15, 0.2) is 0 Å². The number of nitrogens with zero attached hydrogens (tertiary/aromatic N) is 2. The Morgan fingerprint density at radius 1 is 1.04 bits per heavy atom. The molecule has 1 aliphatic heterocycles. The summed E-state index contributed by atoms with van der Waals surface area (Å²) in [5.41, 5.74) is 2.98. The number of aryl methyl sites for hydroxylation is 2. The Morgan fingerprint density at radius 2 is 1.65 bits per heavy atom. The van der Waals surface area contributed by atoms with E-state index in [0.717, 1.165) is 42.7 Å². The fraction of sp³-hybridized carbons (Fsp3) is 0.556. The average molecular weight is 317 g/mol. The minimum absolute atomic E-state index is 0.0703. The van der Waals surface area contributed by atoms with Crippen LogP contribution < -0.4 is 5.32 Å². The van der Waals surface area contributed by atoms with Gasteiger partial charge in [0.1, 0.15) is 0 Å². The Hall–Kier alpha value is -1.88. The molecular weight excluding hydrogens is 290 g/mol. The highest BCUT2D eigenvalue weighted by atomic mass is 16.2. The van der Waals surface area contributed by atoms with Gasteiger partial charge in [-0.15, -0.1) is 0 Å². The Balaban J connectivity index is 1.86. The molecule has 0 bridgehead atoms. The van der Waals surface area contributed by atoms with Crippen LogP contribution in [0.4, 0.5) is 0 Å². The second kappa shape index (κ2) is 8.11. The van der Waals surface area contributed by atoms with Gasteiger partial charge in [-0.25, -0.2) is 0 Å². The highest BCUT2D eigenvalue weighted by molar-refractivity contribution is 5.94. The van der Waals surface area contributed by atoms with E-state index >= 15 is 0 Å². The van der Waals surface area contributed by atoms with Crippen LogP contribution in [0.15, 0.2) is 18.2 Å². The molecule has 1 N–H and O–H groups in total. The smallest absolute Gasteiger partial charge is 0.253 e. The zero-order valence-electron chi connectivity index (χ0n) is 14.4. The van der Waals surface area contributed by atoms with Crippen molar-refractivity contribution in [2.45, 2.75) is 27.2 Å². The molecule has 5 heteroatoms. The second-order valence-electron chi connectivity index (χ2n) is 6.29. The lowest BCUT2D eigenvalue weighted by Crippen LogP contribution is -2.51. The first-order valence-electron chi connectivity index (χ1n) is 8.36. The van der Waals surface area contributed by atoms with Crippen molar-refractivity contribution in [3.05, 3.63) is 34.9 Å². The van der Waals surface area contributed by atoms with Crippen LogP contribution >= 0.6 is 0 Å². The Bertz CT molecular complexity index is 543. The molecule has 2 rings (SSSR count). The van der Waals surface area contributed by atoms with Crippen LogP contribution in [0.5, 0.6) is 0 Å². The van der Waals surface area contributed by atoms with Crippen molar-refractivity contribution in [3.63, 3.8) is 0 Å². The van der Waals surface area contributed by atoms with Crippen molar-refractivity contribution in [2.24, 2.45) is 0 Å². The van der Waals surface area contributed by atoms with Crippen molar-refractivity contribution in [3.8, 4) is 0 Å². The maximum absolute atomic E-state index is 12.6. The molecule has 1 aromatic carbocycles. The van der Waals surface area contributed by atoms with Gasteiger partial charge >= 0.3 is 0 Å². The highest BCUT2D eigenvalue weighted by Gasteiger charge is 2.23. The van der Waals surface area contributed by atoms with Gasteiger partial charge in [-0.1, -0.05) is 24.1 Å². The van der Waals surface area contributed by atoms with Crippen molar-refractivity contribution < 1.29 is 9.59 Å². The van der Waals surface area contributed by atoms with Gasteiger partial charge in [-0.2, -0.15) is 0 Å². The first-order valence-corrected chi connectivity index (χ1v) is 8.36. The van der Waals surface area contributed by atoms with E-state index in [1.54, 1.807) is 0 Å². The van der Waals surface area contributed by atoms with E-state index in [2.05, 4.69) is 16.3 Å². The van der Waals surface area contributed by atoms with Gasteiger partial charge in [-0.05, 0) is 32.4 Å². The van der Waals surface area contributed by atoms with E-state index in [9.17, 15) is 9.59 Å². The van der Waals surface area contributed by atoms with Crippen molar-refractivity contribution in [2.75, 3.05) is 39.3 Å². The van der Waals surface area contributed by atoms with E-state index in [-0.39, 0.29) is 11.8 Å². The minimum atomic E-state index is 0.0703. The van der Waals surface area contributed by atoms with Gasteiger partial charge in [0, 0.05) is 38.3 Å². The zero-order chi connectivity index (χ0) is 16.8. The molecule has 126 valence electrons. The van der Waals surface area contributed by atoms with Crippen LogP contribution in [0, 0.1) is 13.8 Å². The number of amides is 2. The Morgan fingerprint density at radius 3 is 2.22 bits per heavy atom. The fourth-order valence-corrected chi connectivity index (χ4v) is 2.91. The van der Waals surface area contributed by atoms with Gasteiger partial charge in [-0.3, -0.25) is 14.5 Å². The molecule has 2 amide bonds. The van der Waals surface area contributed by atoms with Crippen LogP contribution in [-0.4, -0.2) is 60.9 Å². The van der Waals surface area contributed by atoms with Crippen LogP contribution in [0.1, 0.15) is 34.8 Å². The lowest BCUT2D eigenvalue weighted by Gasteiger charge is -2.34. The maximum Gasteiger partial charge on any atom is 0.253 e. The zero-order valence-corrected chi connectivity index (χ0v) is 14.4. The number of carbonyl (C=O) groups is 2. The number of hydrogen-bond donors (Lipinski definition) is 1. The normalized spacial score (nSPS) is 15.5. The fourth-order valence-electron chi connectivity index (χ4n) is 2.91. The molecule has 5 nitrogen and oxygen atoms in total. The van der Waals surface area contributed by atoms with E-state index in [1.165, 1.54) is 0 Å². The summed E-state index contributed by atoms with van der Waals surface area (Å²) in [6.45, 7) is 10.0. The number of benzene rings is 1. The molecule has 0 saturated carbocycles. The molecule has 1 saturated heterocycles. The summed E-state index contributed by atoms with van der Waals surface area (Å²) in [7, 11) is 0. The van der Waals surface area contributed by atoms with Gasteiger partial charge in [0.2, 0.25) is 5.91 Å². The first kappa shape index (κ1) is 17.5. The predicted octanol–water partition coefficient (Wildman–Crippen LogP) is 1.59. The Labute approximate surface area is 138 Å². The summed E-state index contributed by atoms with van der Waals surface area (Å²) < 4.78 is 0. The molecule has 1 heterocycles. The van der Waals surface area contributed by atoms with Crippen molar-refractivity contribution in [1.29, 1.82) is 0 Å². The number of hydrogen-bond acceptors (Lipinski definition) is 3. The lowest BCUT2D eigenvalue weighted by atomic mass is 10.1. The van der Waals surface area contributed by atoms with Crippen LogP contribution in [0.2, 0.25) is 0 Å². The molecule has 0 unspecified atom stereocenters. The molecule has 0 aromatic heterocycles. The summed E-state index contributed by atoms with van der Waals surface area (Å²) in [6, 6.07) is 5.96. The van der Waals surface area contributed by atoms with E-state index < -0.39 is 0 Å². The van der Waals surface area contributed by atoms with E-state index in [1.807, 2.05) is 37.8 Å². The van der Waals surface area contributed by atoms with E-state index in [4.69, 9.17) is 0 Å². The SMILES string of the molecule is CCCNC(=O)CN1CCN(C(=O)c2cc(C)cc(C)c2)CC1. The molecule has 0 aliphatic carbocycles. The minimum Gasteiger partial charge on any atom is -0.355 e. The quantitative estimate of drug-likeness (QED) is 0.897. The number of nitrogens with one attached hydrogen (secondary N) is 1. The topological polar surface area (TPSA) is 52.7 Å². The van der Waals surface area contributed by atoms with Crippen LogP contribution in [0.3, 0.4) is 0 Å². The molecule has 1 aliphatic rings. The maximum atomic E-state index is 12.6. The number of piperazine rings is 1. The van der Waals surface area contributed by atoms with Gasteiger partial charge in [0.05, 0.1) is 6.54 Å². The molecule has 0 radical (unpaired) electrons. The standard InChI is InChI=1S/C18H27N3O2/c1-4-5-19-17(22)13-20-6-8-21(9-7-20)18(23)16-11-14(2)10-15(3)12-16/h10-12H,4-9,13H2,1-3H3,(H,19,22). The van der Waals surface area contributed by atoms with Crippen LogP contribution in [-0.2, 0) is 4.79 Å². The summed E-state index contributed by atoms with van der Waals surface area (Å²) in [6.07, 6.45) is 0.948. The van der Waals surface area contributed by atoms with Crippen LogP contribution in [0.25, 0.3) is 0 Å². The number of rotatable bonds is 5. The summed E-state index contributed by atoms with van der Waals surface area (Å²) in [5.74, 6) is 0.160. The highest BCUT2D eigenvalue weighted by Crippen LogP contribution is 2.13. The molecular formula is C18H27N3O2. The lowest BCUT2D eigenvalue weighted by molar-refractivity contribution is -0.122. The van der Waals surface area contributed by atoms with Gasteiger partial charge < -0.3 is 10.2 Å². The number of carbonyl (C=O) groups excluding carboxylic acids is 2. The second-order valence-corrected chi connectivity index (χ2v) is 6.29. The summed E-state index contributed by atoms with van der Waals surface area (Å²) >= 11 is 0. The largest absolute Gasteiger partial charge is 0.355 e. The summed E-state index contributed by atoms with van der Waals surface area (Å²) in [4.78, 5) is 28.3. The average Bonchev–Trinajstić information content (AvgIpc) is 2.52. The monoisotopic (exact) mass is 317 g/mol. The predicted molar refractivity (Wildman–Crippen MR) is 91.6 cm³/mol. The molecule has 23 heavy (non-hydrogen) atoms. The van der Waals surface area contributed by atoms with Crippen molar-refractivity contribution in [1.82, 2.24) is 15.1 Å². The molecule has 1 aromatic rings. The summed E-state index contributed by atoms with van der Waals surface area (Å²) in [5, 5.41) is 2.89. The van der Waals surface area contributed by atoms with Crippen molar-refractivity contribution >= 4 is 11.8 Å². The third-order valence-electron chi connectivity index (χ3n) is 4.07. The molecule has 0 spiro atoms. The van der Waals surface area contributed by atoms with Gasteiger partial charge in [0.25, 0.3) is 5.91 Å². The molecule has 0 atom stereocenters. The Kier molecular flexibility index (Phi) is 6.16. The molecule has 1 fully saturated rings. The third-order valence-corrected chi connectivity index (χ3v) is 4.07. The third kappa shape index (κ3) is 5.06.